The SMILES string of the molecule is COc1ncnc(OC)c1CNCC1CCC(O)CC1. The summed E-state index contributed by atoms with van der Waals surface area (Å²) in [5.74, 6) is 1.71. The number of hydrogen-bond donors (Lipinski definition) is 2. The summed E-state index contributed by atoms with van der Waals surface area (Å²) in [6.07, 6.45) is 5.31. The van der Waals surface area contributed by atoms with E-state index < -0.39 is 0 Å². The summed E-state index contributed by atoms with van der Waals surface area (Å²) in [6.45, 7) is 1.54. The molecule has 0 bridgehead atoms. The molecule has 0 radical (unpaired) electrons. The van der Waals surface area contributed by atoms with Crippen molar-refractivity contribution in [3.05, 3.63) is 11.9 Å². The molecule has 1 aliphatic rings. The largest absolute Gasteiger partial charge is 0.481 e. The number of nitrogens with zero attached hydrogens (tertiary/aromatic N) is 2. The van der Waals surface area contributed by atoms with Gasteiger partial charge < -0.3 is 19.9 Å². The molecule has 112 valence electrons. The van der Waals surface area contributed by atoms with E-state index in [2.05, 4.69) is 15.3 Å². The third-order valence-electron chi connectivity index (χ3n) is 3.80. The van der Waals surface area contributed by atoms with E-state index in [0.29, 0.717) is 24.2 Å². The molecule has 0 aromatic carbocycles. The molecule has 0 unspecified atom stereocenters. The van der Waals surface area contributed by atoms with Crippen molar-refractivity contribution < 1.29 is 14.6 Å². The standard InChI is InChI=1S/C14H23N3O3/c1-19-13-12(14(20-2)17-9-16-13)8-15-7-10-3-5-11(18)6-4-10/h9-11,15,18H,3-8H2,1-2H3. The Bertz CT molecular complexity index is 398. The molecule has 2 N–H and O–H groups in total. The van der Waals surface area contributed by atoms with E-state index >= 15 is 0 Å². The highest BCUT2D eigenvalue weighted by molar-refractivity contribution is 5.34. The van der Waals surface area contributed by atoms with Crippen molar-refractivity contribution in [1.29, 1.82) is 0 Å². The molecule has 1 fully saturated rings. The summed E-state index contributed by atoms with van der Waals surface area (Å²) >= 11 is 0. The van der Waals surface area contributed by atoms with Crippen molar-refractivity contribution in [2.75, 3.05) is 20.8 Å². The van der Waals surface area contributed by atoms with E-state index in [1.165, 1.54) is 6.33 Å². The molecule has 0 aliphatic heterocycles. The van der Waals surface area contributed by atoms with Crippen LogP contribution in [-0.4, -0.2) is 41.9 Å². The summed E-state index contributed by atoms with van der Waals surface area (Å²) in [6, 6.07) is 0. The van der Waals surface area contributed by atoms with E-state index in [9.17, 15) is 5.11 Å². The van der Waals surface area contributed by atoms with Gasteiger partial charge in [-0.3, -0.25) is 0 Å². The maximum Gasteiger partial charge on any atom is 0.224 e. The fraction of sp³-hybridized carbons (Fsp3) is 0.714. The van der Waals surface area contributed by atoms with Crippen LogP contribution in [0.15, 0.2) is 6.33 Å². The van der Waals surface area contributed by atoms with Crippen LogP contribution in [0.5, 0.6) is 11.8 Å². The topological polar surface area (TPSA) is 76.5 Å². The summed E-state index contributed by atoms with van der Waals surface area (Å²) in [5, 5.41) is 12.9. The predicted octanol–water partition coefficient (Wildman–Crippen LogP) is 1.13. The Hall–Kier alpha value is -1.40. The lowest BCUT2D eigenvalue weighted by atomic mass is 9.87. The molecule has 0 amide bonds. The molecule has 0 atom stereocenters. The Kier molecular flexibility index (Phi) is 5.55. The minimum atomic E-state index is -0.103. The molecule has 1 saturated carbocycles. The van der Waals surface area contributed by atoms with Gasteiger partial charge in [0.05, 0.1) is 25.9 Å². The second kappa shape index (κ2) is 7.40. The van der Waals surface area contributed by atoms with Crippen LogP contribution in [0.1, 0.15) is 31.2 Å². The predicted molar refractivity (Wildman–Crippen MR) is 74.8 cm³/mol. The highest BCUT2D eigenvalue weighted by atomic mass is 16.5. The zero-order valence-corrected chi connectivity index (χ0v) is 12.1. The molecule has 1 aromatic rings. The van der Waals surface area contributed by atoms with Gasteiger partial charge in [-0.15, -0.1) is 0 Å². The quantitative estimate of drug-likeness (QED) is 0.814. The van der Waals surface area contributed by atoms with Crippen LogP contribution in [0.2, 0.25) is 0 Å². The number of aromatic nitrogens is 2. The minimum absolute atomic E-state index is 0.103. The third-order valence-corrected chi connectivity index (χ3v) is 3.80. The number of hydrogen-bond acceptors (Lipinski definition) is 6. The Morgan fingerprint density at radius 2 is 1.75 bits per heavy atom. The summed E-state index contributed by atoms with van der Waals surface area (Å²) in [7, 11) is 3.18. The molecule has 1 aliphatic carbocycles. The van der Waals surface area contributed by atoms with Crippen LogP contribution in [0.25, 0.3) is 0 Å². The summed E-state index contributed by atoms with van der Waals surface area (Å²) in [4.78, 5) is 8.19. The first-order valence-corrected chi connectivity index (χ1v) is 7.05. The summed E-state index contributed by atoms with van der Waals surface area (Å²) < 4.78 is 10.5. The molecular formula is C14H23N3O3. The molecule has 1 heterocycles. The lowest BCUT2D eigenvalue weighted by molar-refractivity contribution is 0.108. The molecule has 20 heavy (non-hydrogen) atoms. The highest BCUT2D eigenvalue weighted by Crippen LogP contribution is 2.25. The second-order valence-electron chi connectivity index (χ2n) is 5.18. The zero-order chi connectivity index (χ0) is 14.4. The third kappa shape index (κ3) is 3.80. The van der Waals surface area contributed by atoms with Crippen molar-refractivity contribution in [3.8, 4) is 11.8 Å². The fourth-order valence-corrected chi connectivity index (χ4v) is 2.63. The van der Waals surface area contributed by atoms with Gasteiger partial charge in [-0.05, 0) is 38.1 Å². The average Bonchev–Trinajstić information content (AvgIpc) is 2.49. The van der Waals surface area contributed by atoms with Gasteiger partial charge in [0, 0.05) is 6.54 Å². The summed E-state index contributed by atoms with van der Waals surface area (Å²) in [5.41, 5.74) is 0.841. The maximum atomic E-state index is 9.50. The Morgan fingerprint density at radius 1 is 1.15 bits per heavy atom. The highest BCUT2D eigenvalue weighted by Gasteiger charge is 2.19. The van der Waals surface area contributed by atoms with Crippen LogP contribution in [0.3, 0.4) is 0 Å². The van der Waals surface area contributed by atoms with Crippen molar-refractivity contribution in [2.45, 2.75) is 38.3 Å². The van der Waals surface area contributed by atoms with Crippen LogP contribution in [0.4, 0.5) is 0 Å². The van der Waals surface area contributed by atoms with Crippen LogP contribution in [0, 0.1) is 5.92 Å². The molecule has 6 heteroatoms. The number of ether oxygens (including phenoxy) is 2. The van der Waals surface area contributed by atoms with E-state index in [-0.39, 0.29) is 6.10 Å². The van der Waals surface area contributed by atoms with Gasteiger partial charge >= 0.3 is 0 Å². The van der Waals surface area contributed by atoms with Crippen molar-refractivity contribution in [1.82, 2.24) is 15.3 Å². The van der Waals surface area contributed by atoms with Gasteiger partial charge in [-0.2, -0.15) is 0 Å². The van der Waals surface area contributed by atoms with Crippen molar-refractivity contribution in [3.63, 3.8) is 0 Å². The van der Waals surface area contributed by atoms with E-state index in [1.807, 2.05) is 0 Å². The molecule has 1 aromatic heterocycles. The van der Waals surface area contributed by atoms with Crippen molar-refractivity contribution >= 4 is 0 Å². The first-order chi connectivity index (χ1) is 9.74. The Labute approximate surface area is 119 Å². The van der Waals surface area contributed by atoms with Gasteiger partial charge in [0.15, 0.2) is 0 Å². The number of methoxy groups -OCH3 is 2. The molecule has 2 rings (SSSR count). The number of nitrogens with one attached hydrogen (secondary N) is 1. The average molecular weight is 281 g/mol. The van der Waals surface area contributed by atoms with Crippen molar-refractivity contribution in [2.24, 2.45) is 5.92 Å². The second-order valence-corrected chi connectivity index (χ2v) is 5.18. The monoisotopic (exact) mass is 281 g/mol. The van der Waals surface area contributed by atoms with Gasteiger partial charge in [0.25, 0.3) is 0 Å². The maximum absolute atomic E-state index is 9.50. The first-order valence-electron chi connectivity index (χ1n) is 7.05. The smallest absolute Gasteiger partial charge is 0.224 e. The molecular weight excluding hydrogens is 258 g/mol. The van der Waals surface area contributed by atoms with E-state index in [1.54, 1.807) is 14.2 Å². The Morgan fingerprint density at radius 3 is 2.30 bits per heavy atom. The Balaban J connectivity index is 1.87. The molecule has 0 spiro atoms. The number of aliphatic hydroxyl groups is 1. The van der Waals surface area contributed by atoms with Gasteiger partial charge in [-0.1, -0.05) is 0 Å². The fourth-order valence-electron chi connectivity index (χ4n) is 2.63. The molecule has 6 nitrogen and oxygen atoms in total. The zero-order valence-electron chi connectivity index (χ0n) is 12.1. The van der Waals surface area contributed by atoms with Crippen LogP contribution in [-0.2, 0) is 6.54 Å². The lowest BCUT2D eigenvalue weighted by Crippen LogP contribution is -2.28. The molecule has 0 saturated heterocycles. The first kappa shape index (κ1) is 15.0. The van der Waals surface area contributed by atoms with Crippen LogP contribution >= 0.6 is 0 Å². The van der Waals surface area contributed by atoms with E-state index in [0.717, 1.165) is 37.8 Å². The van der Waals surface area contributed by atoms with Gasteiger partial charge in [0.1, 0.15) is 6.33 Å². The van der Waals surface area contributed by atoms with Gasteiger partial charge in [0.2, 0.25) is 11.8 Å². The van der Waals surface area contributed by atoms with E-state index in [4.69, 9.17) is 9.47 Å². The van der Waals surface area contributed by atoms with Gasteiger partial charge in [-0.25, -0.2) is 9.97 Å². The lowest BCUT2D eigenvalue weighted by Gasteiger charge is -2.25. The number of aliphatic hydroxyl groups excluding tert-OH is 1. The van der Waals surface area contributed by atoms with Crippen LogP contribution < -0.4 is 14.8 Å². The number of rotatable bonds is 6. The minimum Gasteiger partial charge on any atom is -0.481 e. The normalized spacial score (nSPS) is 22.6.